The largest absolute Gasteiger partial charge is 0.465 e. The molecule has 0 bridgehead atoms. The fraction of sp³-hybridized carbons (Fsp3) is 0.375. The molecule has 0 radical (unpaired) electrons. The second-order valence-corrected chi connectivity index (χ2v) is 5.69. The molecule has 8 heteroatoms. The predicted molar refractivity (Wildman–Crippen MR) is 87.0 cm³/mol. The van der Waals surface area contributed by atoms with Gasteiger partial charge in [-0.3, -0.25) is 15.2 Å². The molecule has 126 valence electrons. The van der Waals surface area contributed by atoms with E-state index in [4.69, 9.17) is 4.74 Å². The summed E-state index contributed by atoms with van der Waals surface area (Å²) in [6.07, 6.45) is 6.73. The molecule has 0 unspecified atom stereocenters. The first-order valence-electron chi connectivity index (χ1n) is 7.74. The van der Waals surface area contributed by atoms with Crippen molar-refractivity contribution in [2.45, 2.75) is 25.3 Å². The van der Waals surface area contributed by atoms with Crippen molar-refractivity contribution in [3.05, 3.63) is 51.8 Å². The molecular weight excluding hydrogens is 312 g/mol. The Kier molecular flexibility index (Phi) is 4.45. The molecule has 0 saturated carbocycles. The fourth-order valence-corrected chi connectivity index (χ4v) is 3.17. The lowest BCUT2D eigenvalue weighted by molar-refractivity contribution is -0.385. The summed E-state index contributed by atoms with van der Waals surface area (Å²) >= 11 is 0. The average molecular weight is 330 g/mol. The van der Waals surface area contributed by atoms with Crippen LogP contribution in [0.2, 0.25) is 0 Å². The van der Waals surface area contributed by atoms with Crippen molar-refractivity contribution >= 4 is 17.3 Å². The van der Waals surface area contributed by atoms with Gasteiger partial charge in [-0.2, -0.15) is 5.10 Å². The molecule has 24 heavy (non-hydrogen) atoms. The summed E-state index contributed by atoms with van der Waals surface area (Å²) in [5.41, 5.74) is 1.55. The molecule has 3 rings (SSSR count). The summed E-state index contributed by atoms with van der Waals surface area (Å²) in [7, 11) is 1.22. The van der Waals surface area contributed by atoms with Crippen LogP contribution in [-0.2, 0) is 4.74 Å². The highest BCUT2D eigenvalue weighted by Crippen LogP contribution is 2.36. The van der Waals surface area contributed by atoms with E-state index in [2.05, 4.69) is 15.1 Å². The predicted octanol–water partition coefficient (Wildman–Crippen LogP) is 2.84. The van der Waals surface area contributed by atoms with Crippen LogP contribution in [0.1, 0.15) is 41.2 Å². The van der Waals surface area contributed by atoms with E-state index in [9.17, 15) is 14.9 Å². The molecule has 8 nitrogen and oxygen atoms in total. The number of ether oxygens (including phenoxy) is 1. The van der Waals surface area contributed by atoms with Crippen LogP contribution in [0, 0.1) is 10.1 Å². The lowest BCUT2D eigenvalue weighted by atomic mass is 9.96. The average Bonchev–Trinajstić information content (AvgIpc) is 3.15. The monoisotopic (exact) mass is 330 g/mol. The summed E-state index contributed by atoms with van der Waals surface area (Å²) in [6, 6.07) is 4.72. The number of hydrogen-bond acceptors (Lipinski definition) is 6. The van der Waals surface area contributed by atoms with Crippen LogP contribution in [0.15, 0.2) is 30.6 Å². The third-order valence-electron chi connectivity index (χ3n) is 4.32. The third-order valence-corrected chi connectivity index (χ3v) is 4.32. The van der Waals surface area contributed by atoms with Crippen LogP contribution in [0.25, 0.3) is 0 Å². The SMILES string of the molecule is COC(=O)c1cc(N2CCCC[C@H]2c2cn[nH]c2)ccc1[N+](=O)[O-]. The molecular formula is C16H18N4O4. The van der Waals surface area contributed by atoms with E-state index in [0.29, 0.717) is 0 Å². The fourth-order valence-electron chi connectivity index (χ4n) is 3.17. The Hall–Kier alpha value is -2.90. The quantitative estimate of drug-likeness (QED) is 0.525. The molecule has 1 aromatic carbocycles. The first-order valence-corrected chi connectivity index (χ1v) is 7.74. The zero-order valence-electron chi connectivity index (χ0n) is 13.3. The van der Waals surface area contributed by atoms with E-state index in [0.717, 1.165) is 37.1 Å². The topological polar surface area (TPSA) is 101 Å². The lowest BCUT2D eigenvalue weighted by Crippen LogP contribution is -2.33. The van der Waals surface area contributed by atoms with Crippen molar-refractivity contribution in [3.63, 3.8) is 0 Å². The maximum absolute atomic E-state index is 11.9. The number of aromatic nitrogens is 2. The van der Waals surface area contributed by atoms with Gasteiger partial charge in [-0.05, 0) is 31.4 Å². The number of carbonyl (C=O) groups excluding carboxylic acids is 1. The Morgan fingerprint density at radius 2 is 2.29 bits per heavy atom. The summed E-state index contributed by atoms with van der Waals surface area (Å²) in [5, 5.41) is 18.0. The number of methoxy groups -OCH3 is 1. The normalized spacial score (nSPS) is 17.5. The van der Waals surface area contributed by atoms with Crippen molar-refractivity contribution < 1.29 is 14.5 Å². The minimum absolute atomic E-state index is 0.0310. The summed E-state index contributed by atoms with van der Waals surface area (Å²) in [4.78, 5) is 24.7. The molecule has 1 atom stereocenters. The minimum atomic E-state index is -0.708. The van der Waals surface area contributed by atoms with Crippen LogP contribution in [-0.4, -0.2) is 34.7 Å². The first-order chi connectivity index (χ1) is 11.6. The van der Waals surface area contributed by atoms with Crippen LogP contribution >= 0.6 is 0 Å². The highest BCUT2D eigenvalue weighted by Gasteiger charge is 2.28. The van der Waals surface area contributed by atoms with Crippen LogP contribution in [0.4, 0.5) is 11.4 Å². The number of H-pyrrole nitrogens is 1. The molecule has 2 heterocycles. The van der Waals surface area contributed by atoms with Crippen molar-refractivity contribution in [1.29, 1.82) is 0 Å². The van der Waals surface area contributed by atoms with Gasteiger partial charge in [0.05, 0.1) is 24.3 Å². The second-order valence-electron chi connectivity index (χ2n) is 5.69. The van der Waals surface area contributed by atoms with Gasteiger partial charge in [0.15, 0.2) is 0 Å². The molecule has 0 amide bonds. The van der Waals surface area contributed by atoms with Gasteiger partial charge in [0.25, 0.3) is 5.69 Å². The number of rotatable bonds is 4. The standard InChI is InChI=1S/C16H18N4O4/c1-24-16(21)13-8-12(5-6-15(13)20(22)23)19-7-3-2-4-14(19)11-9-17-18-10-11/h5-6,8-10,14H,2-4,7H2,1H3,(H,17,18)/t14-/m0/s1. The van der Waals surface area contributed by atoms with Crippen molar-refractivity contribution in [3.8, 4) is 0 Å². The van der Waals surface area contributed by atoms with E-state index in [1.165, 1.54) is 13.2 Å². The number of esters is 1. The van der Waals surface area contributed by atoms with Gasteiger partial charge in [-0.25, -0.2) is 4.79 Å². The molecule has 1 N–H and O–H groups in total. The number of nitro benzene ring substituents is 1. The Bertz CT molecular complexity index is 745. The van der Waals surface area contributed by atoms with Crippen LogP contribution in [0.3, 0.4) is 0 Å². The smallest absolute Gasteiger partial charge is 0.344 e. The number of piperidine rings is 1. The highest BCUT2D eigenvalue weighted by atomic mass is 16.6. The number of carbonyl (C=O) groups is 1. The Labute approximate surface area is 138 Å². The zero-order chi connectivity index (χ0) is 17.1. The number of benzene rings is 1. The maximum Gasteiger partial charge on any atom is 0.344 e. The molecule has 1 aromatic heterocycles. The van der Waals surface area contributed by atoms with E-state index in [1.807, 2.05) is 6.20 Å². The van der Waals surface area contributed by atoms with Gasteiger partial charge in [-0.15, -0.1) is 0 Å². The Morgan fingerprint density at radius 3 is 2.96 bits per heavy atom. The van der Waals surface area contributed by atoms with Crippen LogP contribution < -0.4 is 4.90 Å². The Morgan fingerprint density at radius 1 is 1.46 bits per heavy atom. The molecule has 1 fully saturated rings. The first kappa shape index (κ1) is 16.0. The maximum atomic E-state index is 11.9. The number of hydrogen-bond donors (Lipinski definition) is 1. The van der Waals surface area contributed by atoms with Crippen molar-refractivity contribution in [2.24, 2.45) is 0 Å². The minimum Gasteiger partial charge on any atom is -0.465 e. The van der Waals surface area contributed by atoms with Gasteiger partial charge in [0.2, 0.25) is 0 Å². The zero-order valence-corrected chi connectivity index (χ0v) is 13.3. The molecule has 0 aliphatic carbocycles. The number of aromatic amines is 1. The van der Waals surface area contributed by atoms with E-state index in [1.54, 1.807) is 18.3 Å². The summed E-state index contributed by atoms with van der Waals surface area (Å²) in [6.45, 7) is 0.814. The summed E-state index contributed by atoms with van der Waals surface area (Å²) in [5.74, 6) is -0.708. The Balaban J connectivity index is 2.01. The third kappa shape index (κ3) is 2.94. The summed E-state index contributed by atoms with van der Waals surface area (Å²) < 4.78 is 4.69. The van der Waals surface area contributed by atoms with Crippen molar-refractivity contribution in [2.75, 3.05) is 18.6 Å². The number of anilines is 1. The van der Waals surface area contributed by atoms with Gasteiger partial charge >= 0.3 is 5.97 Å². The number of nitrogens with one attached hydrogen (secondary N) is 1. The van der Waals surface area contributed by atoms with E-state index < -0.39 is 10.9 Å². The molecule has 1 saturated heterocycles. The number of nitrogens with zero attached hydrogens (tertiary/aromatic N) is 3. The highest BCUT2D eigenvalue weighted by molar-refractivity contribution is 5.95. The van der Waals surface area contributed by atoms with Crippen LogP contribution in [0.5, 0.6) is 0 Å². The molecule has 1 aliphatic heterocycles. The molecule has 1 aliphatic rings. The van der Waals surface area contributed by atoms with Gasteiger partial charge in [0.1, 0.15) is 5.56 Å². The van der Waals surface area contributed by atoms with Gasteiger partial charge < -0.3 is 9.64 Å². The number of nitro groups is 1. The molecule has 2 aromatic rings. The van der Waals surface area contributed by atoms with E-state index >= 15 is 0 Å². The van der Waals surface area contributed by atoms with E-state index in [-0.39, 0.29) is 17.3 Å². The van der Waals surface area contributed by atoms with Gasteiger partial charge in [-0.1, -0.05) is 0 Å². The van der Waals surface area contributed by atoms with Crippen molar-refractivity contribution in [1.82, 2.24) is 10.2 Å². The molecule has 0 spiro atoms. The second kappa shape index (κ2) is 6.69. The van der Waals surface area contributed by atoms with Gasteiger partial charge in [0, 0.05) is 30.1 Å². The lowest BCUT2D eigenvalue weighted by Gasteiger charge is -2.37.